The van der Waals surface area contributed by atoms with Gasteiger partial charge in [0.1, 0.15) is 0 Å². The highest BCUT2D eigenvalue weighted by Gasteiger charge is 1.86. The molecule has 0 amide bonds. The van der Waals surface area contributed by atoms with E-state index in [1.807, 2.05) is 6.08 Å². The highest BCUT2D eigenvalue weighted by Crippen LogP contribution is 2.06. The lowest BCUT2D eigenvalue weighted by Crippen LogP contribution is -1.76. The van der Waals surface area contributed by atoms with Crippen LogP contribution in [0.15, 0.2) is 24.8 Å². The van der Waals surface area contributed by atoms with Gasteiger partial charge in [0, 0.05) is 0 Å². The van der Waals surface area contributed by atoms with Gasteiger partial charge in [-0.25, -0.2) is 0 Å². The number of unbranched alkanes of at least 4 members (excludes halogenated alkanes) is 8. The second kappa shape index (κ2) is 13.5. The molecule has 0 aliphatic carbocycles. The summed E-state index contributed by atoms with van der Waals surface area (Å²) in [6, 6.07) is 0. The summed E-state index contributed by atoms with van der Waals surface area (Å²) in [4.78, 5) is 0. The predicted molar refractivity (Wildman–Crippen MR) is 71.2 cm³/mol. The molecular formula is C15H28. The van der Waals surface area contributed by atoms with Crippen molar-refractivity contribution in [2.45, 2.75) is 71.1 Å². The van der Waals surface area contributed by atoms with E-state index in [9.17, 15) is 0 Å². The summed E-state index contributed by atoms with van der Waals surface area (Å²) in [5.41, 5.74) is 0. The maximum atomic E-state index is 3.73. The highest BCUT2D eigenvalue weighted by atomic mass is 13.9. The standard InChI is InChI=1S/C15H28/c1-3-5-7-9-11-13-15-14-12-10-8-6-4-2/h3,14-15H,1,4-13H2,2H3. The Morgan fingerprint density at radius 1 is 0.733 bits per heavy atom. The summed E-state index contributed by atoms with van der Waals surface area (Å²) in [7, 11) is 0. The molecule has 0 aliphatic rings. The van der Waals surface area contributed by atoms with E-state index in [1.165, 1.54) is 64.2 Å². The van der Waals surface area contributed by atoms with Crippen molar-refractivity contribution in [3.8, 4) is 0 Å². The topological polar surface area (TPSA) is 0 Å². The van der Waals surface area contributed by atoms with Gasteiger partial charge in [-0.1, -0.05) is 50.8 Å². The first-order valence-corrected chi connectivity index (χ1v) is 6.67. The average molecular weight is 208 g/mol. The van der Waals surface area contributed by atoms with E-state index in [0.717, 1.165) is 0 Å². The molecule has 0 bridgehead atoms. The summed E-state index contributed by atoms with van der Waals surface area (Å²) in [6.45, 7) is 5.99. The van der Waals surface area contributed by atoms with Crippen molar-refractivity contribution in [3.63, 3.8) is 0 Å². The maximum Gasteiger partial charge on any atom is -0.0351 e. The molecule has 0 aromatic heterocycles. The van der Waals surface area contributed by atoms with Gasteiger partial charge in [-0.05, 0) is 38.5 Å². The van der Waals surface area contributed by atoms with Gasteiger partial charge in [-0.15, -0.1) is 6.58 Å². The van der Waals surface area contributed by atoms with Gasteiger partial charge < -0.3 is 0 Å². The molecular weight excluding hydrogens is 180 g/mol. The van der Waals surface area contributed by atoms with Gasteiger partial charge in [0.2, 0.25) is 0 Å². The number of allylic oxidation sites excluding steroid dienone is 3. The van der Waals surface area contributed by atoms with Crippen LogP contribution in [0.1, 0.15) is 71.1 Å². The lowest BCUT2D eigenvalue weighted by atomic mass is 10.1. The first kappa shape index (κ1) is 14.5. The third-order valence-corrected chi connectivity index (χ3v) is 2.67. The highest BCUT2D eigenvalue weighted by molar-refractivity contribution is 4.81. The molecule has 15 heavy (non-hydrogen) atoms. The minimum absolute atomic E-state index is 1.18. The van der Waals surface area contributed by atoms with E-state index in [1.54, 1.807) is 0 Å². The molecule has 0 aromatic rings. The first-order chi connectivity index (χ1) is 7.41. The molecule has 0 nitrogen and oxygen atoms in total. The van der Waals surface area contributed by atoms with Crippen LogP contribution in [0.4, 0.5) is 0 Å². The van der Waals surface area contributed by atoms with Crippen molar-refractivity contribution < 1.29 is 0 Å². The minimum Gasteiger partial charge on any atom is -0.103 e. The van der Waals surface area contributed by atoms with Crippen molar-refractivity contribution in [3.05, 3.63) is 24.8 Å². The zero-order valence-electron chi connectivity index (χ0n) is 10.5. The summed E-state index contributed by atoms with van der Waals surface area (Å²) in [6.07, 6.45) is 20.0. The van der Waals surface area contributed by atoms with Gasteiger partial charge >= 0.3 is 0 Å². The summed E-state index contributed by atoms with van der Waals surface area (Å²) in [5, 5.41) is 0. The zero-order valence-corrected chi connectivity index (χ0v) is 10.5. The molecule has 88 valence electrons. The van der Waals surface area contributed by atoms with E-state index >= 15 is 0 Å². The molecule has 0 aromatic carbocycles. The third kappa shape index (κ3) is 13.5. The van der Waals surface area contributed by atoms with Crippen molar-refractivity contribution in [1.29, 1.82) is 0 Å². The fraction of sp³-hybridized carbons (Fsp3) is 0.733. The Labute approximate surface area is 96.5 Å². The molecule has 0 fully saturated rings. The van der Waals surface area contributed by atoms with E-state index in [2.05, 4.69) is 25.7 Å². The maximum absolute atomic E-state index is 3.73. The second-order valence-corrected chi connectivity index (χ2v) is 4.25. The molecule has 0 aliphatic heterocycles. The van der Waals surface area contributed by atoms with Crippen LogP contribution in [0.25, 0.3) is 0 Å². The quantitative estimate of drug-likeness (QED) is 0.304. The van der Waals surface area contributed by atoms with Gasteiger partial charge in [0.25, 0.3) is 0 Å². The van der Waals surface area contributed by atoms with Gasteiger partial charge in [0.15, 0.2) is 0 Å². The molecule has 0 radical (unpaired) electrons. The lowest BCUT2D eigenvalue weighted by Gasteiger charge is -1.96. The van der Waals surface area contributed by atoms with Crippen LogP contribution in [0, 0.1) is 0 Å². The van der Waals surface area contributed by atoms with Crippen molar-refractivity contribution in [1.82, 2.24) is 0 Å². The molecule has 0 heterocycles. The lowest BCUT2D eigenvalue weighted by molar-refractivity contribution is 0.670. The van der Waals surface area contributed by atoms with Crippen LogP contribution in [0.2, 0.25) is 0 Å². The molecule has 0 saturated heterocycles. The molecule has 0 N–H and O–H groups in total. The van der Waals surface area contributed by atoms with E-state index < -0.39 is 0 Å². The van der Waals surface area contributed by atoms with Crippen LogP contribution < -0.4 is 0 Å². The summed E-state index contributed by atoms with van der Waals surface area (Å²) >= 11 is 0. The molecule has 0 unspecified atom stereocenters. The number of hydrogen-bond acceptors (Lipinski definition) is 0. The van der Waals surface area contributed by atoms with Gasteiger partial charge in [0.05, 0.1) is 0 Å². The van der Waals surface area contributed by atoms with Crippen molar-refractivity contribution >= 4 is 0 Å². The molecule has 0 spiro atoms. The molecule has 0 atom stereocenters. The number of hydrogen-bond donors (Lipinski definition) is 0. The minimum atomic E-state index is 1.18. The molecule has 0 rings (SSSR count). The Morgan fingerprint density at radius 3 is 1.80 bits per heavy atom. The molecule has 0 saturated carbocycles. The predicted octanol–water partition coefficient (Wildman–Crippen LogP) is 5.65. The van der Waals surface area contributed by atoms with Crippen LogP contribution in [0.5, 0.6) is 0 Å². The Balaban J connectivity index is 3.00. The van der Waals surface area contributed by atoms with Gasteiger partial charge in [-0.2, -0.15) is 0 Å². The van der Waals surface area contributed by atoms with Crippen molar-refractivity contribution in [2.24, 2.45) is 0 Å². The second-order valence-electron chi connectivity index (χ2n) is 4.25. The number of rotatable bonds is 11. The summed E-state index contributed by atoms with van der Waals surface area (Å²) in [5.74, 6) is 0. The van der Waals surface area contributed by atoms with Crippen LogP contribution in [-0.4, -0.2) is 0 Å². The van der Waals surface area contributed by atoms with E-state index in [0.29, 0.717) is 0 Å². The van der Waals surface area contributed by atoms with Crippen LogP contribution in [-0.2, 0) is 0 Å². The SMILES string of the molecule is C=CCCCCCC=CCCCCCC. The van der Waals surface area contributed by atoms with Crippen molar-refractivity contribution in [2.75, 3.05) is 0 Å². The fourth-order valence-corrected chi connectivity index (χ4v) is 1.65. The summed E-state index contributed by atoms with van der Waals surface area (Å²) < 4.78 is 0. The monoisotopic (exact) mass is 208 g/mol. The van der Waals surface area contributed by atoms with E-state index in [4.69, 9.17) is 0 Å². The van der Waals surface area contributed by atoms with E-state index in [-0.39, 0.29) is 0 Å². The van der Waals surface area contributed by atoms with Gasteiger partial charge in [-0.3, -0.25) is 0 Å². The first-order valence-electron chi connectivity index (χ1n) is 6.67. The smallest absolute Gasteiger partial charge is 0.0351 e. The Kier molecular flexibility index (Phi) is 13.0. The third-order valence-electron chi connectivity index (χ3n) is 2.67. The largest absolute Gasteiger partial charge is 0.103 e. The van der Waals surface area contributed by atoms with Crippen LogP contribution in [0.3, 0.4) is 0 Å². The van der Waals surface area contributed by atoms with Crippen LogP contribution >= 0.6 is 0 Å². The average Bonchev–Trinajstić information content (AvgIpc) is 2.26. The fourth-order valence-electron chi connectivity index (χ4n) is 1.65. The Hall–Kier alpha value is -0.520. The molecule has 0 heteroatoms. The zero-order chi connectivity index (χ0) is 11.2. The Morgan fingerprint density at radius 2 is 1.27 bits per heavy atom. The normalized spacial score (nSPS) is 11.0. The Bertz CT molecular complexity index is 144.